The summed E-state index contributed by atoms with van der Waals surface area (Å²) in [5, 5.41) is 9.48. The molecule has 1 atom stereocenters. The monoisotopic (exact) mass is 381 g/mol. The number of nitrogens with one attached hydrogen (secondary N) is 2. The molecule has 28 heavy (non-hydrogen) atoms. The zero-order valence-corrected chi connectivity index (χ0v) is 16.0. The number of pyridine rings is 1. The maximum absolute atomic E-state index is 12.2. The van der Waals surface area contributed by atoms with E-state index in [2.05, 4.69) is 39.6 Å². The van der Waals surface area contributed by atoms with Crippen molar-refractivity contribution < 1.29 is 14.1 Å². The SMILES string of the molecule is CC(C)Cc1noc([C@H](C)NC(=O)Nc2ccc(Oc3cccnc3)cc2)n1. The van der Waals surface area contributed by atoms with Crippen molar-refractivity contribution in [3.63, 3.8) is 0 Å². The summed E-state index contributed by atoms with van der Waals surface area (Å²) in [6.45, 7) is 5.95. The number of carbonyl (C=O) groups is 1. The Morgan fingerprint density at radius 1 is 1.14 bits per heavy atom. The fraction of sp³-hybridized carbons (Fsp3) is 0.300. The molecule has 8 nitrogen and oxygen atoms in total. The Labute approximate surface area is 163 Å². The number of hydrogen-bond acceptors (Lipinski definition) is 6. The number of ether oxygens (including phenoxy) is 1. The van der Waals surface area contributed by atoms with E-state index in [1.807, 2.05) is 6.07 Å². The minimum absolute atomic E-state index is 0.364. The molecule has 0 aliphatic carbocycles. The van der Waals surface area contributed by atoms with E-state index in [1.54, 1.807) is 49.6 Å². The summed E-state index contributed by atoms with van der Waals surface area (Å²) in [5.74, 6) is 2.75. The molecule has 0 bridgehead atoms. The van der Waals surface area contributed by atoms with Crippen molar-refractivity contribution in [3.8, 4) is 11.5 Å². The molecule has 8 heteroatoms. The molecule has 2 amide bonds. The Balaban J connectivity index is 1.52. The average molecular weight is 381 g/mol. The van der Waals surface area contributed by atoms with E-state index in [4.69, 9.17) is 9.26 Å². The number of nitrogens with zero attached hydrogens (tertiary/aromatic N) is 3. The lowest BCUT2D eigenvalue weighted by atomic mass is 10.1. The van der Waals surface area contributed by atoms with Crippen molar-refractivity contribution >= 4 is 11.7 Å². The Morgan fingerprint density at radius 3 is 2.61 bits per heavy atom. The number of carbonyl (C=O) groups excluding carboxylic acids is 1. The quantitative estimate of drug-likeness (QED) is 0.631. The molecule has 0 saturated carbocycles. The van der Waals surface area contributed by atoms with Crippen LogP contribution in [0.4, 0.5) is 10.5 Å². The minimum atomic E-state index is -0.401. The predicted octanol–water partition coefficient (Wildman–Crippen LogP) is 4.34. The summed E-state index contributed by atoms with van der Waals surface area (Å²) in [6, 6.07) is 9.89. The molecule has 3 rings (SSSR count). The highest BCUT2D eigenvalue weighted by atomic mass is 16.5. The Hall–Kier alpha value is -3.42. The number of hydrogen-bond donors (Lipinski definition) is 2. The zero-order valence-electron chi connectivity index (χ0n) is 16.0. The molecule has 2 N–H and O–H groups in total. The summed E-state index contributed by atoms with van der Waals surface area (Å²) in [5.41, 5.74) is 0.634. The smallest absolute Gasteiger partial charge is 0.319 e. The summed E-state index contributed by atoms with van der Waals surface area (Å²) in [4.78, 5) is 20.5. The first kappa shape index (κ1) is 19.3. The summed E-state index contributed by atoms with van der Waals surface area (Å²) < 4.78 is 10.9. The zero-order chi connectivity index (χ0) is 19.9. The molecule has 3 aromatic rings. The summed E-state index contributed by atoms with van der Waals surface area (Å²) in [6.07, 6.45) is 4.04. The lowest BCUT2D eigenvalue weighted by Crippen LogP contribution is -2.31. The van der Waals surface area contributed by atoms with Gasteiger partial charge in [0.1, 0.15) is 17.5 Å². The van der Waals surface area contributed by atoms with Crippen molar-refractivity contribution in [1.82, 2.24) is 20.4 Å². The maximum Gasteiger partial charge on any atom is 0.319 e. The lowest BCUT2D eigenvalue weighted by molar-refractivity contribution is 0.245. The molecular weight excluding hydrogens is 358 g/mol. The number of benzene rings is 1. The van der Waals surface area contributed by atoms with Crippen LogP contribution in [0.1, 0.15) is 38.5 Å². The van der Waals surface area contributed by atoms with E-state index in [9.17, 15) is 4.79 Å². The topological polar surface area (TPSA) is 102 Å². The largest absolute Gasteiger partial charge is 0.456 e. The van der Waals surface area contributed by atoms with Gasteiger partial charge in [0.25, 0.3) is 0 Å². The van der Waals surface area contributed by atoms with Gasteiger partial charge in [-0.25, -0.2) is 4.79 Å². The van der Waals surface area contributed by atoms with E-state index in [-0.39, 0.29) is 6.03 Å². The van der Waals surface area contributed by atoms with E-state index >= 15 is 0 Å². The number of aromatic nitrogens is 3. The highest BCUT2D eigenvalue weighted by molar-refractivity contribution is 5.89. The molecular formula is C20H23N5O3. The van der Waals surface area contributed by atoms with Gasteiger partial charge >= 0.3 is 6.03 Å². The number of rotatable bonds is 7. The molecule has 0 fully saturated rings. The van der Waals surface area contributed by atoms with E-state index in [1.165, 1.54) is 0 Å². The van der Waals surface area contributed by atoms with Crippen LogP contribution >= 0.6 is 0 Å². The number of urea groups is 1. The van der Waals surface area contributed by atoms with Gasteiger partial charge in [-0.15, -0.1) is 0 Å². The van der Waals surface area contributed by atoms with Crippen molar-refractivity contribution in [2.24, 2.45) is 5.92 Å². The fourth-order valence-electron chi connectivity index (χ4n) is 2.47. The highest BCUT2D eigenvalue weighted by Gasteiger charge is 2.17. The second-order valence-corrected chi connectivity index (χ2v) is 6.78. The third kappa shape index (κ3) is 5.54. The van der Waals surface area contributed by atoms with Crippen molar-refractivity contribution in [1.29, 1.82) is 0 Å². The van der Waals surface area contributed by atoms with Gasteiger partial charge in [-0.05, 0) is 49.2 Å². The van der Waals surface area contributed by atoms with Gasteiger partial charge in [-0.2, -0.15) is 4.98 Å². The van der Waals surface area contributed by atoms with Crippen LogP contribution in [0.25, 0.3) is 0 Å². The molecule has 2 heterocycles. The van der Waals surface area contributed by atoms with Gasteiger partial charge in [0, 0.05) is 18.3 Å². The predicted molar refractivity (Wildman–Crippen MR) is 104 cm³/mol. The molecule has 0 saturated heterocycles. The second kappa shape index (κ2) is 8.98. The van der Waals surface area contributed by atoms with Gasteiger partial charge < -0.3 is 19.9 Å². The molecule has 1 aromatic carbocycles. The fourth-order valence-corrected chi connectivity index (χ4v) is 2.47. The standard InChI is InChI=1S/C20H23N5O3/c1-13(2)11-18-24-19(28-25-18)14(3)22-20(26)23-15-6-8-16(9-7-15)27-17-5-4-10-21-12-17/h4-10,12-14H,11H2,1-3H3,(H2,22,23,26)/t14-/m0/s1. The van der Waals surface area contributed by atoms with E-state index in [0.717, 1.165) is 6.42 Å². The number of amides is 2. The first-order valence-electron chi connectivity index (χ1n) is 9.07. The van der Waals surface area contributed by atoms with E-state index < -0.39 is 6.04 Å². The Kier molecular flexibility index (Phi) is 6.21. The third-order valence-corrected chi connectivity index (χ3v) is 3.77. The molecule has 0 unspecified atom stereocenters. The first-order chi connectivity index (χ1) is 13.5. The van der Waals surface area contributed by atoms with Crippen molar-refractivity contribution in [3.05, 3.63) is 60.5 Å². The van der Waals surface area contributed by atoms with Crippen molar-refractivity contribution in [2.75, 3.05) is 5.32 Å². The van der Waals surface area contributed by atoms with Crippen LogP contribution in [-0.4, -0.2) is 21.2 Å². The van der Waals surface area contributed by atoms with Crippen LogP contribution in [0.3, 0.4) is 0 Å². The Bertz CT molecular complexity index is 894. The summed E-state index contributed by atoms with van der Waals surface area (Å²) >= 11 is 0. The van der Waals surface area contributed by atoms with Crippen LogP contribution < -0.4 is 15.4 Å². The molecule has 146 valence electrons. The highest BCUT2D eigenvalue weighted by Crippen LogP contribution is 2.22. The molecule has 0 aliphatic rings. The van der Waals surface area contributed by atoms with Crippen LogP contribution in [0.15, 0.2) is 53.3 Å². The van der Waals surface area contributed by atoms with Crippen LogP contribution in [-0.2, 0) is 6.42 Å². The maximum atomic E-state index is 12.2. The van der Waals surface area contributed by atoms with Crippen LogP contribution in [0, 0.1) is 5.92 Å². The van der Waals surface area contributed by atoms with Gasteiger partial charge in [0.2, 0.25) is 5.89 Å². The van der Waals surface area contributed by atoms with Gasteiger partial charge in [-0.3, -0.25) is 4.98 Å². The Morgan fingerprint density at radius 2 is 1.93 bits per heavy atom. The normalized spacial score (nSPS) is 11.9. The van der Waals surface area contributed by atoms with E-state index in [0.29, 0.717) is 34.8 Å². The van der Waals surface area contributed by atoms with Gasteiger partial charge in [-0.1, -0.05) is 19.0 Å². The van der Waals surface area contributed by atoms with Crippen LogP contribution in [0.2, 0.25) is 0 Å². The first-order valence-corrected chi connectivity index (χ1v) is 9.07. The molecule has 2 aromatic heterocycles. The third-order valence-electron chi connectivity index (χ3n) is 3.77. The van der Waals surface area contributed by atoms with Gasteiger partial charge in [0.05, 0.1) is 6.20 Å². The second-order valence-electron chi connectivity index (χ2n) is 6.78. The number of anilines is 1. The van der Waals surface area contributed by atoms with Gasteiger partial charge in [0.15, 0.2) is 5.82 Å². The van der Waals surface area contributed by atoms with Crippen LogP contribution in [0.5, 0.6) is 11.5 Å². The average Bonchev–Trinajstić information content (AvgIpc) is 3.12. The minimum Gasteiger partial charge on any atom is -0.456 e. The molecule has 0 radical (unpaired) electrons. The lowest BCUT2D eigenvalue weighted by Gasteiger charge is -2.11. The molecule has 0 spiro atoms. The summed E-state index contributed by atoms with van der Waals surface area (Å²) in [7, 11) is 0. The molecule has 0 aliphatic heterocycles. The van der Waals surface area contributed by atoms with Crippen molar-refractivity contribution in [2.45, 2.75) is 33.2 Å².